The highest BCUT2D eigenvalue weighted by Gasteiger charge is 2.39. The van der Waals surface area contributed by atoms with Crippen LogP contribution in [0.2, 0.25) is 0 Å². The third kappa shape index (κ3) is 3.74. The lowest BCUT2D eigenvalue weighted by molar-refractivity contribution is 0.0593. The van der Waals surface area contributed by atoms with Crippen molar-refractivity contribution in [1.82, 2.24) is 9.80 Å². The Hall–Kier alpha value is -5.36. The predicted octanol–water partition coefficient (Wildman–Crippen LogP) is 8.95. The lowest BCUT2D eigenvalue weighted by Gasteiger charge is -2.32. The number of benzene rings is 5. The molecule has 0 unspecified atom stereocenters. The molecule has 0 atom stereocenters. The fourth-order valence-electron chi connectivity index (χ4n) is 8.47. The molecule has 236 valence electrons. The fraction of sp³-hybridized carbons (Fsp3) is 0.238. The van der Waals surface area contributed by atoms with Crippen LogP contribution in [0, 0.1) is 0 Å². The second-order valence-corrected chi connectivity index (χ2v) is 13.4. The summed E-state index contributed by atoms with van der Waals surface area (Å²) in [4.78, 5) is 59.3. The number of rotatable bonds is 8. The van der Waals surface area contributed by atoms with Crippen LogP contribution in [0.5, 0.6) is 0 Å². The van der Waals surface area contributed by atoms with E-state index in [0.717, 1.165) is 69.1 Å². The van der Waals surface area contributed by atoms with E-state index in [9.17, 15) is 19.2 Å². The van der Waals surface area contributed by atoms with Crippen LogP contribution in [0.25, 0.3) is 43.1 Å². The first-order chi connectivity index (χ1) is 23.4. The molecule has 0 spiro atoms. The van der Waals surface area contributed by atoms with E-state index in [2.05, 4.69) is 38.2 Å². The highest BCUT2D eigenvalue weighted by molar-refractivity contribution is 6.42. The van der Waals surface area contributed by atoms with E-state index < -0.39 is 0 Å². The number of fused-ring (bicyclic) bond motifs is 2. The Kier molecular flexibility index (Phi) is 6.35. The summed E-state index contributed by atoms with van der Waals surface area (Å²) < 4.78 is 0. The first-order valence-electron chi connectivity index (χ1n) is 17.1. The summed E-state index contributed by atoms with van der Waals surface area (Å²) in [6, 6.07) is 11.8. The van der Waals surface area contributed by atoms with Crippen molar-refractivity contribution in [2.24, 2.45) is 0 Å². The Morgan fingerprint density at radius 1 is 0.479 bits per heavy atom. The predicted molar refractivity (Wildman–Crippen MR) is 190 cm³/mol. The van der Waals surface area contributed by atoms with Gasteiger partial charge in [0.05, 0.1) is 0 Å². The molecule has 6 nitrogen and oxygen atoms in total. The molecule has 0 bridgehead atoms. The zero-order chi connectivity index (χ0) is 32.8. The summed E-state index contributed by atoms with van der Waals surface area (Å²) in [6.07, 6.45) is 19.8. The molecule has 4 aliphatic rings. The molecule has 6 heteroatoms. The molecule has 5 aromatic rings. The quantitative estimate of drug-likeness (QED) is 0.0975. The number of allylic oxidation sites excluding steroid dienone is 8. The van der Waals surface area contributed by atoms with Crippen molar-refractivity contribution in [2.45, 2.75) is 51.4 Å². The minimum Gasteiger partial charge on any atom is -0.274 e. The number of hydrogen-bond acceptors (Lipinski definition) is 4. The lowest BCUT2D eigenvalue weighted by Crippen LogP contribution is -2.41. The maximum absolute atomic E-state index is 14.3. The topological polar surface area (TPSA) is 74.8 Å². The van der Waals surface area contributed by atoms with Gasteiger partial charge in [-0.25, -0.2) is 0 Å². The fourth-order valence-corrected chi connectivity index (χ4v) is 8.47. The van der Waals surface area contributed by atoms with Crippen molar-refractivity contribution in [2.75, 3.05) is 13.1 Å². The van der Waals surface area contributed by atoms with Crippen LogP contribution in [-0.4, -0.2) is 46.5 Å². The van der Waals surface area contributed by atoms with E-state index in [0.29, 0.717) is 46.1 Å². The van der Waals surface area contributed by atoms with Crippen LogP contribution in [0.3, 0.4) is 0 Å². The summed E-state index contributed by atoms with van der Waals surface area (Å²) in [5, 5.41) is 6.95. The molecule has 5 aromatic carbocycles. The Labute approximate surface area is 278 Å². The van der Waals surface area contributed by atoms with Gasteiger partial charge >= 0.3 is 0 Å². The molecular weight excluding hydrogens is 596 g/mol. The molecule has 0 N–H and O–H groups in total. The number of imide groups is 2. The zero-order valence-corrected chi connectivity index (χ0v) is 27.0. The average Bonchev–Trinajstić information content (AvgIpc) is 3.84. The van der Waals surface area contributed by atoms with Gasteiger partial charge in [-0.1, -0.05) is 87.4 Å². The van der Waals surface area contributed by atoms with Gasteiger partial charge in [0.25, 0.3) is 23.6 Å². The number of nitrogens with zero attached hydrogens (tertiary/aromatic N) is 2. The minimum atomic E-state index is -0.257. The maximum Gasteiger partial charge on any atom is 0.261 e. The van der Waals surface area contributed by atoms with Gasteiger partial charge in [-0.15, -0.1) is 0 Å². The van der Waals surface area contributed by atoms with E-state index in [-0.39, 0.29) is 35.5 Å². The van der Waals surface area contributed by atoms with Gasteiger partial charge in [0.2, 0.25) is 0 Å². The molecule has 2 aliphatic heterocycles. The first kappa shape index (κ1) is 28.8. The molecule has 0 radical (unpaired) electrons. The van der Waals surface area contributed by atoms with Crippen molar-refractivity contribution in [1.29, 1.82) is 0 Å². The maximum atomic E-state index is 14.3. The van der Waals surface area contributed by atoms with Crippen molar-refractivity contribution in [3.05, 3.63) is 118 Å². The standard InChI is InChI=1S/C42H34N2O4/c1-3-5-19-43-39(45)27-17-15-25-33-26(16-18-28(36(27)33)40(43)46)35-30(24-13-9-10-14-24)22-32-37-31(41(47)44(42(32)48)20-6-4-2)21-29(34(25)38(35)37)23-11-7-8-12-23/h7-18,21-24H,3-6,19-20H2,1-2H3. The van der Waals surface area contributed by atoms with Crippen LogP contribution >= 0.6 is 0 Å². The lowest BCUT2D eigenvalue weighted by atomic mass is 9.76. The van der Waals surface area contributed by atoms with Crippen LogP contribution in [0.1, 0.15) is 104 Å². The summed E-state index contributed by atoms with van der Waals surface area (Å²) in [7, 11) is 0. The molecule has 0 saturated carbocycles. The molecule has 0 fully saturated rings. The molecule has 0 aromatic heterocycles. The molecule has 2 aliphatic carbocycles. The van der Waals surface area contributed by atoms with E-state index in [1.807, 2.05) is 60.7 Å². The average molecular weight is 631 g/mol. The van der Waals surface area contributed by atoms with Crippen molar-refractivity contribution >= 4 is 66.7 Å². The third-order valence-corrected chi connectivity index (χ3v) is 10.8. The van der Waals surface area contributed by atoms with Gasteiger partial charge in [-0.2, -0.15) is 0 Å². The molecular formula is C42H34N2O4. The van der Waals surface area contributed by atoms with E-state index in [1.165, 1.54) is 9.80 Å². The van der Waals surface area contributed by atoms with Crippen LogP contribution in [0.15, 0.2) is 85.0 Å². The van der Waals surface area contributed by atoms with Crippen molar-refractivity contribution in [3.63, 3.8) is 0 Å². The molecule has 2 heterocycles. The summed E-state index contributed by atoms with van der Waals surface area (Å²) in [5.41, 5.74) is 4.14. The van der Waals surface area contributed by atoms with Crippen molar-refractivity contribution < 1.29 is 19.2 Å². The molecule has 48 heavy (non-hydrogen) atoms. The first-order valence-corrected chi connectivity index (χ1v) is 17.1. The van der Waals surface area contributed by atoms with Gasteiger partial charge < -0.3 is 0 Å². The second-order valence-electron chi connectivity index (χ2n) is 13.4. The molecule has 9 rings (SSSR count). The number of carbonyl (C=O) groups excluding carboxylic acids is 4. The Morgan fingerprint density at radius 2 is 0.875 bits per heavy atom. The largest absolute Gasteiger partial charge is 0.274 e. The second kappa shape index (κ2) is 10.6. The monoisotopic (exact) mass is 630 g/mol. The Morgan fingerprint density at radius 3 is 1.29 bits per heavy atom. The van der Waals surface area contributed by atoms with Crippen LogP contribution in [0.4, 0.5) is 0 Å². The van der Waals surface area contributed by atoms with Gasteiger partial charge in [0, 0.05) is 58.0 Å². The molecule has 4 amide bonds. The summed E-state index contributed by atoms with van der Waals surface area (Å²) in [6.45, 7) is 4.87. The van der Waals surface area contributed by atoms with Crippen LogP contribution in [-0.2, 0) is 0 Å². The van der Waals surface area contributed by atoms with Gasteiger partial charge in [0.15, 0.2) is 0 Å². The minimum absolute atomic E-state index is 0.0819. The van der Waals surface area contributed by atoms with Gasteiger partial charge in [0.1, 0.15) is 0 Å². The van der Waals surface area contributed by atoms with Crippen molar-refractivity contribution in [3.8, 4) is 0 Å². The SMILES string of the molecule is CCCCN1C(=O)c2ccc3c4c(C5C=CC=C5)cc5c6c(cc(C7C=CC=C7)c(c7ccc(c2c37)C1=O)c64)C(=O)N(CCCC)C5=O. The van der Waals surface area contributed by atoms with Gasteiger partial charge in [-0.3, -0.25) is 29.0 Å². The van der Waals surface area contributed by atoms with Crippen LogP contribution < -0.4 is 0 Å². The normalized spacial score (nSPS) is 17.5. The number of hydrogen-bond donors (Lipinski definition) is 0. The smallest absolute Gasteiger partial charge is 0.261 e. The number of carbonyl (C=O) groups is 4. The summed E-state index contributed by atoms with van der Waals surface area (Å²) >= 11 is 0. The van der Waals surface area contributed by atoms with Gasteiger partial charge in [-0.05, 0) is 80.6 Å². The Bertz CT molecular complexity index is 2250. The third-order valence-electron chi connectivity index (χ3n) is 10.8. The highest BCUT2D eigenvalue weighted by atomic mass is 16.2. The number of amides is 4. The van der Waals surface area contributed by atoms with E-state index >= 15 is 0 Å². The van der Waals surface area contributed by atoms with E-state index in [1.54, 1.807) is 0 Å². The van der Waals surface area contributed by atoms with E-state index in [4.69, 9.17) is 0 Å². The number of unbranched alkanes of at least 4 members (excludes halogenated alkanes) is 2. The highest BCUT2D eigenvalue weighted by Crippen LogP contribution is 2.51. The zero-order valence-electron chi connectivity index (χ0n) is 27.0. The summed E-state index contributed by atoms with van der Waals surface area (Å²) in [5.74, 6) is -1.18. The molecule has 0 saturated heterocycles. The Balaban J connectivity index is 1.48.